The van der Waals surface area contributed by atoms with Crippen LogP contribution in [0.25, 0.3) is 0 Å². The molecule has 0 N–H and O–H groups in total. The van der Waals surface area contributed by atoms with Gasteiger partial charge in [0.2, 0.25) is 0 Å². The lowest BCUT2D eigenvalue weighted by Gasteiger charge is -2.40. The molecule has 4 heteroatoms. The minimum atomic E-state index is 0.826. The summed E-state index contributed by atoms with van der Waals surface area (Å²) in [6.45, 7) is 12.6. The number of anilines is 1. The maximum absolute atomic E-state index is 6.39. The Kier molecular flexibility index (Phi) is 5.87. The van der Waals surface area contributed by atoms with Gasteiger partial charge in [0.05, 0.1) is 10.7 Å². The summed E-state index contributed by atoms with van der Waals surface area (Å²) in [5, 5.41) is 0.826. The van der Waals surface area contributed by atoms with Gasteiger partial charge >= 0.3 is 0 Å². The van der Waals surface area contributed by atoms with Gasteiger partial charge in [-0.05, 0) is 36.6 Å². The predicted octanol–water partition coefficient (Wildman–Crippen LogP) is 5.10. The van der Waals surface area contributed by atoms with E-state index < -0.39 is 0 Å². The van der Waals surface area contributed by atoms with Crippen LogP contribution >= 0.6 is 11.6 Å². The van der Waals surface area contributed by atoms with E-state index in [1.807, 2.05) is 19.2 Å². The molecule has 1 saturated heterocycles. The van der Waals surface area contributed by atoms with Crippen molar-refractivity contribution in [2.24, 2.45) is 4.99 Å². The molecule has 138 valence electrons. The van der Waals surface area contributed by atoms with E-state index >= 15 is 0 Å². The van der Waals surface area contributed by atoms with Gasteiger partial charge in [-0.25, -0.2) is 0 Å². The molecule has 26 heavy (non-hydrogen) atoms. The van der Waals surface area contributed by atoms with Crippen molar-refractivity contribution in [1.82, 2.24) is 4.90 Å². The Morgan fingerprint density at radius 3 is 2.50 bits per heavy atom. The molecule has 1 fully saturated rings. The van der Waals surface area contributed by atoms with Crippen LogP contribution < -0.4 is 4.90 Å². The van der Waals surface area contributed by atoms with Crippen molar-refractivity contribution in [2.75, 3.05) is 38.1 Å². The quantitative estimate of drug-likeness (QED) is 0.735. The molecule has 2 aliphatic rings. The number of hydrogen-bond donors (Lipinski definition) is 0. The Labute approximate surface area is 162 Å². The summed E-state index contributed by atoms with van der Waals surface area (Å²) in [7, 11) is 1.89. The molecule has 0 amide bonds. The van der Waals surface area contributed by atoms with Crippen molar-refractivity contribution in [1.29, 1.82) is 0 Å². The Hall–Kier alpha value is -2.00. The van der Waals surface area contributed by atoms with E-state index in [0.717, 1.165) is 49.7 Å². The normalized spacial score (nSPS) is 21.2. The topological polar surface area (TPSA) is 18.8 Å². The molecular weight excluding hydrogens is 342 g/mol. The molecule has 1 aliphatic heterocycles. The Balaban J connectivity index is 1.86. The second-order valence-electron chi connectivity index (χ2n) is 6.87. The summed E-state index contributed by atoms with van der Waals surface area (Å²) >= 11 is 6.39. The van der Waals surface area contributed by atoms with E-state index in [1.54, 1.807) is 0 Å². The SMILES string of the molecule is C=C(CC)C(=C1C(C)=CCC1=NC)N1CCN(c2ccccc2Cl)CC1. The van der Waals surface area contributed by atoms with E-state index in [9.17, 15) is 0 Å². The standard InChI is InChI=1S/C22H28ClN3/c1-5-16(2)22(21-17(3)10-11-19(21)24-4)26-14-12-25(13-15-26)20-9-7-6-8-18(20)23/h6-10H,2,5,11-15H2,1,3-4H3. The van der Waals surface area contributed by atoms with Crippen LogP contribution in [0.3, 0.4) is 0 Å². The van der Waals surface area contributed by atoms with Crippen LogP contribution in [-0.4, -0.2) is 43.8 Å². The van der Waals surface area contributed by atoms with E-state index in [2.05, 4.69) is 53.4 Å². The molecule has 1 aromatic carbocycles. The van der Waals surface area contributed by atoms with Gasteiger partial charge in [0.1, 0.15) is 0 Å². The van der Waals surface area contributed by atoms with Crippen LogP contribution in [0.15, 0.2) is 64.3 Å². The van der Waals surface area contributed by atoms with E-state index in [1.165, 1.54) is 28.1 Å². The first-order valence-corrected chi connectivity index (χ1v) is 9.74. The highest BCUT2D eigenvalue weighted by molar-refractivity contribution is 6.33. The molecular formula is C22H28ClN3. The molecule has 1 aromatic rings. The molecule has 0 radical (unpaired) electrons. The van der Waals surface area contributed by atoms with Crippen molar-refractivity contribution in [3.05, 3.63) is 64.4 Å². The number of halogens is 1. The third kappa shape index (κ3) is 3.59. The number of aliphatic imine (C=N–C) groups is 1. The first-order chi connectivity index (χ1) is 12.6. The van der Waals surface area contributed by atoms with Gasteiger partial charge in [0, 0.05) is 56.6 Å². The fourth-order valence-electron chi connectivity index (χ4n) is 3.81. The van der Waals surface area contributed by atoms with E-state index in [0.29, 0.717) is 0 Å². The third-order valence-corrected chi connectivity index (χ3v) is 5.66. The summed E-state index contributed by atoms with van der Waals surface area (Å²) in [5.74, 6) is 0. The summed E-state index contributed by atoms with van der Waals surface area (Å²) < 4.78 is 0. The monoisotopic (exact) mass is 369 g/mol. The molecule has 0 unspecified atom stereocenters. The van der Waals surface area contributed by atoms with Gasteiger partial charge in [-0.3, -0.25) is 4.99 Å². The molecule has 0 bridgehead atoms. The van der Waals surface area contributed by atoms with Gasteiger partial charge in [-0.2, -0.15) is 0 Å². The Morgan fingerprint density at radius 2 is 1.88 bits per heavy atom. The fourth-order valence-corrected chi connectivity index (χ4v) is 4.07. The van der Waals surface area contributed by atoms with Gasteiger partial charge in [-0.1, -0.05) is 43.3 Å². The second-order valence-corrected chi connectivity index (χ2v) is 7.27. The minimum absolute atomic E-state index is 0.826. The first kappa shape index (κ1) is 18.8. The number of piperazine rings is 1. The number of nitrogens with zero attached hydrogens (tertiary/aromatic N) is 3. The lowest BCUT2D eigenvalue weighted by Crippen LogP contribution is -2.46. The third-order valence-electron chi connectivity index (χ3n) is 5.34. The number of benzene rings is 1. The largest absolute Gasteiger partial charge is 0.367 e. The van der Waals surface area contributed by atoms with Gasteiger partial charge < -0.3 is 9.80 Å². The van der Waals surface area contributed by atoms with Crippen LogP contribution in [0.4, 0.5) is 5.69 Å². The highest BCUT2D eigenvalue weighted by atomic mass is 35.5. The van der Waals surface area contributed by atoms with Crippen molar-refractivity contribution >= 4 is 23.0 Å². The molecule has 0 atom stereocenters. The summed E-state index contributed by atoms with van der Waals surface area (Å²) in [6, 6.07) is 8.10. The second kappa shape index (κ2) is 8.13. The van der Waals surface area contributed by atoms with Crippen molar-refractivity contribution in [3.8, 4) is 0 Å². The van der Waals surface area contributed by atoms with Crippen LogP contribution in [0.5, 0.6) is 0 Å². The zero-order valence-electron chi connectivity index (χ0n) is 16.1. The highest BCUT2D eigenvalue weighted by Crippen LogP contribution is 2.33. The molecule has 0 aromatic heterocycles. The van der Waals surface area contributed by atoms with Gasteiger partial charge in [0.25, 0.3) is 0 Å². The minimum Gasteiger partial charge on any atom is -0.367 e. The van der Waals surface area contributed by atoms with Crippen LogP contribution in [0.2, 0.25) is 5.02 Å². The summed E-state index contributed by atoms with van der Waals surface area (Å²) in [6.07, 6.45) is 4.16. The fraction of sp³-hybridized carbons (Fsp3) is 0.409. The van der Waals surface area contributed by atoms with Crippen LogP contribution in [0.1, 0.15) is 26.7 Å². The Bertz CT molecular complexity index is 780. The van der Waals surface area contributed by atoms with Gasteiger partial charge in [-0.15, -0.1) is 0 Å². The summed E-state index contributed by atoms with van der Waals surface area (Å²) in [5.41, 5.74) is 7.42. The zero-order valence-corrected chi connectivity index (χ0v) is 16.8. The molecule has 3 nitrogen and oxygen atoms in total. The van der Waals surface area contributed by atoms with Gasteiger partial charge in [0.15, 0.2) is 0 Å². The summed E-state index contributed by atoms with van der Waals surface area (Å²) in [4.78, 5) is 9.40. The lowest BCUT2D eigenvalue weighted by atomic mass is 9.98. The zero-order chi connectivity index (χ0) is 18.7. The van der Waals surface area contributed by atoms with E-state index in [-0.39, 0.29) is 0 Å². The Morgan fingerprint density at radius 1 is 1.19 bits per heavy atom. The van der Waals surface area contributed by atoms with Crippen molar-refractivity contribution in [2.45, 2.75) is 26.7 Å². The van der Waals surface area contributed by atoms with Crippen molar-refractivity contribution < 1.29 is 0 Å². The molecule has 1 heterocycles. The maximum Gasteiger partial charge on any atom is 0.0639 e. The number of hydrogen-bond acceptors (Lipinski definition) is 3. The van der Waals surface area contributed by atoms with Crippen LogP contribution in [0, 0.1) is 0 Å². The number of allylic oxidation sites excluding steroid dienone is 4. The number of rotatable bonds is 4. The maximum atomic E-state index is 6.39. The van der Waals surface area contributed by atoms with Crippen molar-refractivity contribution in [3.63, 3.8) is 0 Å². The average molecular weight is 370 g/mol. The highest BCUT2D eigenvalue weighted by Gasteiger charge is 2.27. The van der Waals surface area contributed by atoms with Crippen LogP contribution in [-0.2, 0) is 0 Å². The predicted molar refractivity (Wildman–Crippen MR) is 113 cm³/mol. The lowest BCUT2D eigenvalue weighted by molar-refractivity contribution is 0.324. The van der Waals surface area contributed by atoms with E-state index in [4.69, 9.17) is 11.6 Å². The average Bonchev–Trinajstić information content (AvgIpc) is 3.03. The number of para-hydroxylation sites is 1. The molecule has 0 spiro atoms. The smallest absolute Gasteiger partial charge is 0.0639 e. The molecule has 0 saturated carbocycles. The molecule has 1 aliphatic carbocycles. The molecule has 3 rings (SSSR count). The first-order valence-electron chi connectivity index (χ1n) is 9.36.